The Labute approximate surface area is 115 Å². The second-order valence-corrected chi connectivity index (χ2v) is 4.10. The van der Waals surface area contributed by atoms with Gasteiger partial charge in [0.2, 0.25) is 0 Å². The molecule has 0 aliphatic heterocycles. The fourth-order valence-electron chi connectivity index (χ4n) is 1.67. The first kappa shape index (κ1) is 15.4. The normalized spacial score (nSPS) is 12.5. The first-order chi connectivity index (χ1) is 9.74. The summed E-state index contributed by atoms with van der Waals surface area (Å²) >= 11 is 0. The average Bonchev–Trinajstić information content (AvgIpc) is 2.38. The molecule has 2 aromatic carbocycles. The van der Waals surface area contributed by atoms with Gasteiger partial charge in [-0.3, -0.25) is 0 Å². The molecule has 0 saturated carbocycles. The molecule has 0 aromatic heterocycles. The van der Waals surface area contributed by atoms with Crippen LogP contribution in [0.4, 0.5) is 26.3 Å². The minimum atomic E-state index is -4.63. The molecule has 0 aliphatic carbocycles. The van der Waals surface area contributed by atoms with Crippen molar-refractivity contribution < 1.29 is 31.1 Å². The van der Waals surface area contributed by atoms with Gasteiger partial charge >= 0.3 is 12.2 Å². The Hall–Kier alpha value is -2.02. The second-order valence-electron chi connectivity index (χ2n) is 4.10. The van der Waals surface area contributed by atoms with Crippen molar-refractivity contribution in [3.05, 3.63) is 71.3 Å². The van der Waals surface area contributed by atoms with E-state index in [0.717, 1.165) is 24.3 Å². The zero-order chi connectivity index (χ0) is 15.7. The fraction of sp³-hybridized carbons (Fsp3) is 0.143. The maximum Gasteiger partial charge on any atom is 0.390 e. The van der Waals surface area contributed by atoms with E-state index in [1.54, 1.807) is 0 Å². The highest BCUT2D eigenvalue weighted by atomic mass is 19.3. The molecule has 0 unspecified atom stereocenters. The predicted octanol–water partition coefficient (Wildman–Crippen LogP) is 4.78. The molecule has 0 fully saturated rings. The van der Waals surface area contributed by atoms with E-state index in [0.29, 0.717) is 24.3 Å². The van der Waals surface area contributed by atoms with Crippen LogP contribution in [0.3, 0.4) is 0 Å². The molecule has 0 N–H and O–H groups in total. The minimum Gasteiger partial charge on any atom is -0.247 e. The molecule has 1 nitrogen and oxygen atoms in total. The van der Waals surface area contributed by atoms with Crippen LogP contribution in [0.15, 0.2) is 48.5 Å². The fourth-order valence-corrected chi connectivity index (χ4v) is 1.67. The SMILES string of the molecule is Fc1ccccc1C(F)(F)OC(F)(F)c1ccccc1F. The van der Waals surface area contributed by atoms with Gasteiger partial charge in [0.25, 0.3) is 0 Å². The molecule has 0 radical (unpaired) electrons. The van der Waals surface area contributed by atoms with E-state index in [1.807, 2.05) is 0 Å². The van der Waals surface area contributed by atoms with Crippen molar-refractivity contribution in [2.75, 3.05) is 0 Å². The van der Waals surface area contributed by atoms with Crippen molar-refractivity contribution >= 4 is 0 Å². The molecule has 0 spiro atoms. The van der Waals surface area contributed by atoms with E-state index >= 15 is 0 Å². The van der Waals surface area contributed by atoms with E-state index in [9.17, 15) is 26.3 Å². The summed E-state index contributed by atoms with van der Waals surface area (Å²) in [5, 5.41) is 0. The third-order valence-corrected chi connectivity index (χ3v) is 2.63. The summed E-state index contributed by atoms with van der Waals surface area (Å²) in [6.07, 6.45) is -9.26. The van der Waals surface area contributed by atoms with Gasteiger partial charge in [-0.05, 0) is 24.3 Å². The predicted molar refractivity (Wildman–Crippen MR) is 61.7 cm³/mol. The van der Waals surface area contributed by atoms with Crippen molar-refractivity contribution in [1.29, 1.82) is 0 Å². The van der Waals surface area contributed by atoms with E-state index in [-0.39, 0.29) is 0 Å². The van der Waals surface area contributed by atoms with E-state index in [1.165, 1.54) is 0 Å². The molecule has 0 bridgehead atoms. The van der Waals surface area contributed by atoms with Crippen LogP contribution in [-0.2, 0) is 17.0 Å². The highest BCUT2D eigenvalue weighted by Crippen LogP contribution is 2.42. The smallest absolute Gasteiger partial charge is 0.247 e. The lowest BCUT2D eigenvalue weighted by Gasteiger charge is -2.24. The molecule has 0 atom stereocenters. The van der Waals surface area contributed by atoms with Crippen molar-refractivity contribution in [1.82, 2.24) is 0 Å². The quantitative estimate of drug-likeness (QED) is 0.739. The Morgan fingerprint density at radius 1 is 0.619 bits per heavy atom. The maximum atomic E-state index is 13.7. The van der Waals surface area contributed by atoms with Crippen LogP contribution in [0.25, 0.3) is 0 Å². The summed E-state index contributed by atoms with van der Waals surface area (Å²) in [7, 11) is 0. The van der Waals surface area contributed by atoms with Gasteiger partial charge in [0.15, 0.2) is 0 Å². The Kier molecular flexibility index (Phi) is 3.95. The van der Waals surface area contributed by atoms with Gasteiger partial charge in [-0.15, -0.1) is 0 Å². The van der Waals surface area contributed by atoms with Gasteiger partial charge in [0.05, 0.1) is 11.1 Å². The molecular weight excluding hydrogens is 298 g/mol. The number of halogens is 6. The average molecular weight is 306 g/mol. The van der Waals surface area contributed by atoms with Crippen LogP contribution in [-0.4, -0.2) is 0 Å². The summed E-state index contributed by atoms with van der Waals surface area (Å²) in [6, 6.07) is 6.86. The summed E-state index contributed by atoms with van der Waals surface area (Å²) in [5.41, 5.74) is -2.72. The van der Waals surface area contributed by atoms with Crippen LogP contribution in [0, 0.1) is 11.6 Å². The third-order valence-electron chi connectivity index (χ3n) is 2.63. The maximum absolute atomic E-state index is 13.7. The number of hydrogen-bond donors (Lipinski definition) is 0. The number of alkyl halides is 4. The van der Waals surface area contributed by atoms with Gasteiger partial charge < -0.3 is 0 Å². The zero-order valence-electron chi connectivity index (χ0n) is 10.3. The minimum absolute atomic E-state index is 0.604. The van der Waals surface area contributed by atoms with E-state index in [2.05, 4.69) is 4.74 Å². The molecule has 7 heteroatoms. The number of benzene rings is 2. The molecule has 0 amide bonds. The molecule has 0 heterocycles. The summed E-state index contributed by atoms with van der Waals surface area (Å²) < 4.78 is 84.6. The summed E-state index contributed by atoms with van der Waals surface area (Å²) in [5.74, 6) is -2.82. The summed E-state index contributed by atoms with van der Waals surface area (Å²) in [6.45, 7) is 0. The van der Waals surface area contributed by atoms with Crippen molar-refractivity contribution in [2.24, 2.45) is 0 Å². The Morgan fingerprint density at radius 2 is 0.952 bits per heavy atom. The number of ether oxygens (including phenoxy) is 1. The molecule has 2 aromatic rings. The molecular formula is C14H8F6O. The van der Waals surface area contributed by atoms with E-state index in [4.69, 9.17) is 0 Å². The highest BCUT2D eigenvalue weighted by Gasteiger charge is 2.49. The van der Waals surface area contributed by atoms with Crippen LogP contribution in [0.2, 0.25) is 0 Å². The van der Waals surface area contributed by atoms with Crippen molar-refractivity contribution in [3.63, 3.8) is 0 Å². The second kappa shape index (κ2) is 5.40. The molecule has 0 aliphatic rings. The largest absolute Gasteiger partial charge is 0.390 e. The van der Waals surface area contributed by atoms with Gasteiger partial charge in [-0.25, -0.2) is 13.5 Å². The Balaban J connectivity index is 2.36. The van der Waals surface area contributed by atoms with Gasteiger partial charge in [0.1, 0.15) is 11.6 Å². The van der Waals surface area contributed by atoms with Crippen molar-refractivity contribution in [2.45, 2.75) is 12.2 Å². The molecule has 2 rings (SSSR count). The van der Waals surface area contributed by atoms with Gasteiger partial charge in [-0.1, -0.05) is 24.3 Å². The summed E-state index contributed by atoms with van der Waals surface area (Å²) in [4.78, 5) is 0. The zero-order valence-corrected chi connectivity index (χ0v) is 10.3. The van der Waals surface area contributed by atoms with Gasteiger partial charge in [-0.2, -0.15) is 17.6 Å². The van der Waals surface area contributed by atoms with Crippen LogP contribution < -0.4 is 0 Å². The molecule has 0 saturated heterocycles. The lowest BCUT2D eigenvalue weighted by Crippen LogP contribution is -2.31. The molecule has 21 heavy (non-hydrogen) atoms. The highest BCUT2D eigenvalue weighted by molar-refractivity contribution is 5.23. The Bertz CT molecular complexity index is 585. The van der Waals surface area contributed by atoms with Crippen LogP contribution in [0.1, 0.15) is 11.1 Å². The lowest BCUT2D eigenvalue weighted by atomic mass is 10.1. The molecule has 112 valence electrons. The number of rotatable bonds is 4. The monoisotopic (exact) mass is 306 g/mol. The Morgan fingerprint density at radius 3 is 1.29 bits per heavy atom. The van der Waals surface area contributed by atoms with Crippen molar-refractivity contribution in [3.8, 4) is 0 Å². The standard InChI is InChI=1S/C14H8F6O/c15-11-7-3-1-5-9(11)13(17,18)21-14(19,20)10-6-2-4-8-12(10)16/h1-8H. The van der Waals surface area contributed by atoms with Crippen LogP contribution >= 0.6 is 0 Å². The first-order valence-electron chi connectivity index (χ1n) is 5.70. The van der Waals surface area contributed by atoms with E-state index < -0.39 is 35.0 Å². The third kappa shape index (κ3) is 3.18. The lowest BCUT2D eigenvalue weighted by molar-refractivity contribution is -0.392. The number of hydrogen-bond acceptors (Lipinski definition) is 1. The first-order valence-corrected chi connectivity index (χ1v) is 5.70. The van der Waals surface area contributed by atoms with Crippen LogP contribution in [0.5, 0.6) is 0 Å². The van der Waals surface area contributed by atoms with Gasteiger partial charge in [0, 0.05) is 0 Å². The topological polar surface area (TPSA) is 9.23 Å².